The zero-order chi connectivity index (χ0) is 33.5. The van der Waals surface area contributed by atoms with Gasteiger partial charge in [0.15, 0.2) is 0 Å². The van der Waals surface area contributed by atoms with Gasteiger partial charge in [-0.25, -0.2) is 14.0 Å². The number of nitro benzene ring substituents is 1. The largest absolute Gasteiger partial charge is 0.493 e. The second-order valence-corrected chi connectivity index (χ2v) is 13.9. The van der Waals surface area contributed by atoms with Crippen molar-refractivity contribution in [2.24, 2.45) is 5.92 Å². The van der Waals surface area contributed by atoms with Crippen LogP contribution in [0.1, 0.15) is 30.8 Å². The highest BCUT2D eigenvalue weighted by Crippen LogP contribution is 2.33. The number of rotatable bonds is 9. The Hall–Kier alpha value is -4.84. The van der Waals surface area contributed by atoms with Gasteiger partial charge in [-0.05, 0) is 71.5 Å². The van der Waals surface area contributed by atoms with Gasteiger partial charge in [0.05, 0.1) is 27.5 Å². The van der Waals surface area contributed by atoms with E-state index in [-0.39, 0.29) is 10.6 Å². The summed E-state index contributed by atoms with van der Waals surface area (Å²) >= 11 is 12.7. The number of hydrogen-bond acceptors (Lipinski definition) is 6. The van der Waals surface area contributed by atoms with Gasteiger partial charge in [0.25, 0.3) is 5.69 Å². The van der Waals surface area contributed by atoms with Crippen LogP contribution in [0.15, 0.2) is 103 Å². The smallest absolute Gasteiger partial charge is 0.330 e. The third kappa shape index (κ3) is 6.83. The highest BCUT2D eigenvalue weighted by Gasteiger charge is 2.28. The van der Waals surface area contributed by atoms with E-state index in [0.29, 0.717) is 51.6 Å². The van der Waals surface area contributed by atoms with E-state index in [1.54, 1.807) is 48.5 Å². The number of nitro groups is 1. The molecule has 2 heterocycles. The first-order chi connectivity index (χ1) is 22.4. The van der Waals surface area contributed by atoms with Gasteiger partial charge in [0.1, 0.15) is 5.82 Å². The number of imidazole rings is 1. The van der Waals surface area contributed by atoms with Crippen LogP contribution in [-0.2, 0) is 23.1 Å². The number of anilines is 1. The van der Waals surface area contributed by atoms with E-state index in [0.717, 1.165) is 38.4 Å². The van der Waals surface area contributed by atoms with Crippen LogP contribution >= 0.6 is 23.2 Å². The summed E-state index contributed by atoms with van der Waals surface area (Å²) in [5, 5.41) is 22.4. The van der Waals surface area contributed by atoms with E-state index in [9.17, 15) is 23.6 Å². The SMILES string of the molecule is CC(C)Cc1ccc(-c2ccc(Cc3nc(-c4ccc(Cl)cc4Cl)cn3-c3ccc(N4C=C(O)NS4(=O)=O)cc3)cc2)cc1[N+](=O)[O-]. The molecule has 6 rings (SSSR count). The Bertz CT molecular complexity index is 2130. The maximum atomic E-state index is 12.4. The zero-order valence-corrected chi connectivity index (χ0v) is 27.6. The van der Waals surface area contributed by atoms with E-state index in [4.69, 9.17) is 28.2 Å². The summed E-state index contributed by atoms with van der Waals surface area (Å²) in [5.74, 6) is 0.516. The Labute approximate surface area is 281 Å². The van der Waals surface area contributed by atoms with Crippen molar-refractivity contribution in [3.63, 3.8) is 0 Å². The number of nitrogens with zero attached hydrogens (tertiary/aromatic N) is 4. The fourth-order valence-corrected chi connectivity index (χ4v) is 7.04. The van der Waals surface area contributed by atoms with Crippen LogP contribution in [0.5, 0.6) is 0 Å². The number of aliphatic hydroxyl groups is 1. The zero-order valence-electron chi connectivity index (χ0n) is 25.3. The van der Waals surface area contributed by atoms with E-state index in [1.165, 1.54) is 0 Å². The van der Waals surface area contributed by atoms with Crippen molar-refractivity contribution in [2.45, 2.75) is 26.7 Å². The predicted octanol–water partition coefficient (Wildman–Crippen LogP) is 8.22. The van der Waals surface area contributed by atoms with Crippen LogP contribution in [0.2, 0.25) is 10.0 Å². The Kier molecular flexibility index (Phi) is 8.71. The van der Waals surface area contributed by atoms with E-state index < -0.39 is 16.1 Å². The summed E-state index contributed by atoms with van der Waals surface area (Å²) in [4.78, 5) is 16.4. The minimum Gasteiger partial charge on any atom is -0.493 e. The number of hydrogen-bond donors (Lipinski definition) is 2. The fraction of sp³-hybridized carbons (Fsp3) is 0.147. The van der Waals surface area contributed by atoms with Crippen LogP contribution in [0.4, 0.5) is 11.4 Å². The van der Waals surface area contributed by atoms with Gasteiger partial charge in [-0.15, -0.1) is 0 Å². The van der Waals surface area contributed by atoms with Crippen LogP contribution in [0.25, 0.3) is 28.1 Å². The first kappa shape index (κ1) is 32.1. The maximum absolute atomic E-state index is 12.4. The monoisotopic (exact) mass is 689 g/mol. The molecular formula is C34H29Cl2N5O5S. The van der Waals surface area contributed by atoms with E-state index >= 15 is 0 Å². The summed E-state index contributed by atoms with van der Waals surface area (Å²) in [6, 6.07) is 25.1. The standard InChI is InChI=1S/C34H29Cl2N5O5S/c1-21(2)15-25-8-7-24(17-32(25)41(43)44)23-5-3-22(4-6-23)16-33-37-31(29-14-9-26(35)18-30(29)36)19-39(33)27-10-12-28(13-11-27)40-20-34(42)38-47(40,45)46/h3-14,17-21,38,42H,15-16H2,1-2H3. The lowest BCUT2D eigenvalue weighted by molar-refractivity contribution is -0.385. The second kappa shape index (κ2) is 12.7. The van der Waals surface area contributed by atoms with E-state index in [2.05, 4.69) is 0 Å². The average molecular weight is 691 g/mol. The molecule has 10 nitrogen and oxygen atoms in total. The molecule has 0 unspecified atom stereocenters. The molecule has 1 aliphatic heterocycles. The molecule has 0 bridgehead atoms. The van der Waals surface area contributed by atoms with Crippen molar-refractivity contribution < 1.29 is 18.4 Å². The van der Waals surface area contributed by atoms with Crippen LogP contribution in [0.3, 0.4) is 0 Å². The lowest BCUT2D eigenvalue weighted by Gasteiger charge is -2.15. The molecule has 0 amide bonds. The topological polar surface area (TPSA) is 131 Å². The maximum Gasteiger partial charge on any atom is 0.330 e. The second-order valence-electron chi connectivity index (χ2n) is 11.5. The summed E-state index contributed by atoms with van der Waals surface area (Å²) in [5.41, 5.74) is 5.77. The molecule has 4 aromatic carbocycles. The van der Waals surface area contributed by atoms with Crippen LogP contribution in [0, 0.1) is 16.0 Å². The van der Waals surface area contributed by atoms with Crippen LogP contribution < -0.4 is 9.03 Å². The third-order valence-electron chi connectivity index (χ3n) is 7.66. The van der Waals surface area contributed by atoms with Crippen molar-refractivity contribution in [1.29, 1.82) is 0 Å². The Morgan fingerprint density at radius 1 is 0.936 bits per heavy atom. The highest BCUT2D eigenvalue weighted by atomic mass is 35.5. The molecule has 0 radical (unpaired) electrons. The quantitative estimate of drug-likeness (QED) is 0.118. The van der Waals surface area contributed by atoms with Gasteiger partial charge in [-0.1, -0.05) is 73.4 Å². The molecular weight excluding hydrogens is 661 g/mol. The lowest BCUT2D eigenvalue weighted by atomic mass is 9.96. The molecule has 0 saturated carbocycles. The summed E-state index contributed by atoms with van der Waals surface area (Å²) in [6.45, 7) is 4.07. The van der Waals surface area contributed by atoms with Crippen molar-refractivity contribution in [1.82, 2.24) is 14.3 Å². The summed E-state index contributed by atoms with van der Waals surface area (Å²) in [6.07, 6.45) is 4.01. The van der Waals surface area contributed by atoms with Crippen molar-refractivity contribution >= 4 is 44.8 Å². The number of aromatic nitrogens is 2. The van der Waals surface area contributed by atoms with Gasteiger partial charge in [0, 0.05) is 40.5 Å². The van der Waals surface area contributed by atoms with Gasteiger partial charge >= 0.3 is 10.2 Å². The van der Waals surface area contributed by atoms with Crippen molar-refractivity contribution in [2.75, 3.05) is 4.31 Å². The molecule has 0 aliphatic carbocycles. The Balaban J connectivity index is 1.33. The molecule has 47 heavy (non-hydrogen) atoms. The van der Waals surface area contributed by atoms with Gasteiger partial charge in [0.2, 0.25) is 5.88 Å². The first-order valence-electron chi connectivity index (χ1n) is 14.6. The molecule has 0 atom stereocenters. The molecule has 5 aromatic rings. The Morgan fingerprint density at radius 2 is 1.62 bits per heavy atom. The summed E-state index contributed by atoms with van der Waals surface area (Å²) < 4.78 is 29.6. The minimum absolute atomic E-state index is 0.119. The fourth-order valence-electron chi connectivity index (χ4n) is 5.48. The van der Waals surface area contributed by atoms with Crippen molar-refractivity contribution in [3.8, 4) is 28.1 Å². The molecule has 1 aromatic heterocycles. The minimum atomic E-state index is -3.93. The average Bonchev–Trinajstić information content (AvgIpc) is 3.55. The molecule has 240 valence electrons. The number of aliphatic hydroxyl groups excluding tert-OH is 1. The Morgan fingerprint density at radius 3 is 2.23 bits per heavy atom. The van der Waals surface area contributed by atoms with Gasteiger partial charge in [-0.3, -0.25) is 10.1 Å². The normalized spacial score (nSPS) is 13.9. The van der Waals surface area contributed by atoms with Crippen molar-refractivity contribution in [3.05, 3.63) is 140 Å². The molecule has 0 spiro atoms. The van der Waals surface area contributed by atoms with Gasteiger partial charge in [-0.2, -0.15) is 8.42 Å². The summed E-state index contributed by atoms with van der Waals surface area (Å²) in [7, 11) is -3.93. The predicted molar refractivity (Wildman–Crippen MR) is 184 cm³/mol. The van der Waals surface area contributed by atoms with Gasteiger partial charge < -0.3 is 9.67 Å². The van der Waals surface area contributed by atoms with Crippen LogP contribution in [-0.4, -0.2) is 28.0 Å². The van der Waals surface area contributed by atoms with E-state index in [1.807, 2.05) is 65.7 Å². The molecule has 13 heteroatoms. The number of halogens is 2. The molecule has 0 fully saturated rings. The highest BCUT2D eigenvalue weighted by molar-refractivity contribution is 7.91. The third-order valence-corrected chi connectivity index (χ3v) is 9.51. The molecule has 0 saturated heterocycles. The lowest BCUT2D eigenvalue weighted by Crippen LogP contribution is -2.29. The number of benzene rings is 4. The molecule has 2 N–H and O–H groups in total. The number of nitrogens with one attached hydrogen (secondary N) is 1. The first-order valence-corrected chi connectivity index (χ1v) is 16.8. The molecule has 1 aliphatic rings.